The van der Waals surface area contributed by atoms with Gasteiger partial charge in [0, 0.05) is 6.04 Å². The molecule has 1 aliphatic carbocycles. The fourth-order valence-corrected chi connectivity index (χ4v) is 2.83. The van der Waals surface area contributed by atoms with Gasteiger partial charge in [-0.15, -0.1) is 0 Å². The van der Waals surface area contributed by atoms with Crippen molar-refractivity contribution in [3.8, 4) is 5.75 Å². The fourth-order valence-electron chi connectivity index (χ4n) is 2.83. The van der Waals surface area contributed by atoms with E-state index in [0.29, 0.717) is 5.69 Å². The highest BCUT2D eigenvalue weighted by molar-refractivity contribution is 5.64. The van der Waals surface area contributed by atoms with E-state index < -0.39 is 4.92 Å². The standard InChI is InChI=1S/C14H20N2O3/c1-14(2)7-3-4-10(9-14)15-12-6-5-11(17)8-13(12)16(18)19/h5-6,8,10,15,17H,3-4,7,9H2,1-2H3. The molecule has 104 valence electrons. The molecule has 0 amide bonds. The number of aromatic hydroxyl groups is 1. The first kappa shape index (κ1) is 13.6. The molecule has 2 N–H and O–H groups in total. The largest absolute Gasteiger partial charge is 0.508 e. The van der Waals surface area contributed by atoms with Gasteiger partial charge in [-0.1, -0.05) is 20.3 Å². The number of nitrogens with zero attached hydrogens (tertiary/aromatic N) is 1. The smallest absolute Gasteiger partial charge is 0.296 e. The number of hydrogen-bond acceptors (Lipinski definition) is 4. The van der Waals surface area contributed by atoms with E-state index in [1.165, 1.54) is 18.6 Å². The van der Waals surface area contributed by atoms with E-state index in [2.05, 4.69) is 19.2 Å². The molecule has 1 aliphatic rings. The highest BCUT2D eigenvalue weighted by Crippen LogP contribution is 2.38. The number of anilines is 1. The van der Waals surface area contributed by atoms with E-state index in [1.807, 2.05) is 0 Å². The summed E-state index contributed by atoms with van der Waals surface area (Å²) >= 11 is 0. The lowest BCUT2D eigenvalue weighted by molar-refractivity contribution is -0.384. The third-order valence-corrected chi connectivity index (χ3v) is 3.74. The highest BCUT2D eigenvalue weighted by Gasteiger charge is 2.29. The van der Waals surface area contributed by atoms with Crippen LogP contribution < -0.4 is 5.32 Å². The molecule has 1 atom stereocenters. The van der Waals surface area contributed by atoms with Crippen LogP contribution in [0.25, 0.3) is 0 Å². The van der Waals surface area contributed by atoms with Gasteiger partial charge >= 0.3 is 0 Å². The normalized spacial score (nSPS) is 21.9. The summed E-state index contributed by atoms with van der Waals surface area (Å²) in [5.41, 5.74) is 0.704. The molecule has 19 heavy (non-hydrogen) atoms. The van der Waals surface area contributed by atoms with Crippen LogP contribution in [0.3, 0.4) is 0 Å². The topological polar surface area (TPSA) is 75.4 Å². The molecule has 2 rings (SSSR count). The van der Waals surface area contributed by atoms with Crippen LogP contribution in [0.4, 0.5) is 11.4 Å². The Balaban J connectivity index is 2.17. The Labute approximate surface area is 112 Å². The van der Waals surface area contributed by atoms with Crippen molar-refractivity contribution in [3.05, 3.63) is 28.3 Å². The average molecular weight is 264 g/mol. The van der Waals surface area contributed by atoms with Gasteiger partial charge in [0.2, 0.25) is 0 Å². The molecule has 0 saturated heterocycles. The predicted molar refractivity (Wildman–Crippen MR) is 74.4 cm³/mol. The minimum absolute atomic E-state index is 0.0663. The summed E-state index contributed by atoms with van der Waals surface area (Å²) < 4.78 is 0. The van der Waals surface area contributed by atoms with Crippen molar-refractivity contribution >= 4 is 11.4 Å². The van der Waals surface area contributed by atoms with Crippen molar-refractivity contribution in [2.45, 2.75) is 45.6 Å². The number of phenolic OH excluding ortho intramolecular Hbond substituents is 1. The first-order valence-corrected chi connectivity index (χ1v) is 6.61. The first-order chi connectivity index (χ1) is 8.87. The number of nitro groups is 1. The van der Waals surface area contributed by atoms with Crippen LogP contribution in [0.15, 0.2) is 18.2 Å². The van der Waals surface area contributed by atoms with Crippen molar-refractivity contribution < 1.29 is 10.0 Å². The van der Waals surface area contributed by atoms with Crippen molar-refractivity contribution in [1.82, 2.24) is 0 Å². The lowest BCUT2D eigenvalue weighted by Crippen LogP contribution is -2.31. The van der Waals surface area contributed by atoms with Crippen LogP contribution in [0.1, 0.15) is 39.5 Å². The molecule has 1 fully saturated rings. The summed E-state index contributed by atoms with van der Waals surface area (Å²) in [6.45, 7) is 4.46. The van der Waals surface area contributed by atoms with Crippen LogP contribution in [0.2, 0.25) is 0 Å². The van der Waals surface area contributed by atoms with Crippen LogP contribution in [0.5, 0.6) is 5.75 Å². The van der Waals surface area contributed by atoms with Gasteiger partial charge in [-0.3, -0.25) is 10.1 Å². The number of nitrogens with one attached hydrogen (secondary N) is 1. The molecule has 1 aromatic rings. The molecule has 0 heterocycles. The Hall–Kier alpha value is -1.78. The second-order valence-electron chi connectivity index (χ2n) is 6.06. The Morgan fingerprint density at radius 1 is 1.47 bits per heavy atom. The molecule has 5 heteroatoms. The van der Waals surface area contributed by atoms with Gasteiger partial charge < -0.3 is 10.4 Å². The zero-order valence-electron chi connectivity index (χ0n) is 11.3. The van der Waals surface area contributed by atoms with Crippen LogP contribution in [-0.4, -0.2) is 16.1 Å². The monoisotopic (exact) mass is 264 g/mol. The Bertz CT molecular complexity index is 486. The summed E-state index contributed by atoms with van der Waals surface area (Å²) in [6, 6.07) is 4.50. The van der Waals surface area contributed by atoms with Crippen molar-refractivity contribution in [1.29, 1.82) is 0 Å². The van der Waals surface area contributed by atoms with Crippen LogP contribution in [-0.2, 0) is 0 Å². The van der Waals surface area contributed by atoms with Crippen molar-refractivity contribution in [3.63, 3.8) is 0 Å². The fraction of sp³-hybridized carbons (Fsp3) is 0.571. The van der Waals surface area contributed by atoms with Crippen LogP contribution >= 0.6 is 0 Å². The molecule has 0 spiro atoms. The number of hydrogen-bond donors (Lipinski definition) is 2. The number of benzene rings is 1. The lowest BCUT2D eigenvalue weighted by Gasteiger charge is -2.35. The summed E-state index contributed by atoms with van der Waals surface area (Å²) in [5, 5.41) is 23.6. The molecule has 0 aromatic heterocycles. The molecule has 0 radical (unpaired) electrons. The van der Waals surface area contributed by atoms with E-state index >= 15 is 0 Å². The Morgan fingerprint density at radius 3 is 2.84 bits per heavy atom. The number of rotatable bonds is 3. The molecule has 5 nitrogen and oxygen atoms in total. The third-order valence-electron chi connectivity index (χ3n) is 3.74. The van der Waals surface area contributed by atoms with Gasteiger partial charge in [0.15, 0.2) is 0 Å². The molecule has 0 bridgehead atoms. The molecule has 1 unspecified atom stereocenters. The Kier molecular flexibility index (Phi) is 3.64. The maximum Gasteiger partial charge on any atom is 0.296 e. The van der Waals surface area contributed by atoms with Crippen LogP contribution in [0, 0.1) is 15.5 Å². The molecular formula is C14H20N2O3. The van der Waals surface area contributed by atoms with Gasteiger partial charge in [0.25, 0.3) is 5.69 Å². The van der Waals surface area contributed by atoms with E-state index in [9.17, 15) is 15.2 Å². The Morgan fingerprint density at radius 2 is 2.21 bits per heavy atom. The zero-order chi connectivity index (χ0) is 14.0. The van der Waals surface area contributed by atoms with Gasteiger partial charge in [0.1, 0.15) is 11.4 Å². The van der Waals surface area contributed by atoms with Gasteiger partial charge in [0.05, 0.1) is 11.0 Å². The second kappa shape index (κ2) is 5.07. The van der Waals surface area contributed by atoms with Gasteiger partial charge in [-0.05, 0) is 36.8 Å². The van der Waals surface area contributed by atoms with Gasteiger partial charge in [-0.25, -0.2) is 0 Å². The predicted octanol–water partition coefficient (Wildman–Crippen LogP) is 3.68. The summed E-state index contributed by atoms with van der Waals surface area (Å²) in [5.74, 6) is -0.0822. The van der Waals surface area contributed by atoms with Crippen molar-refractivity contribution in [2.24, 2.45) is 5.41 Å². The van der Waals surface area contributed by atoms with E-state index in [0.717, 1.165) is 19.3 Å². The summed E-state index contributed by atoms with van der Waals surface area (Å²) in [6.07, 6.45) is 4.37. The number of nitro benzene ring substituents is 1. The highest BCUT2D eigenvalue weighted by atomic mass is 16.6. The van der Waals surface area contributed by atoms with Crippen molar-refractivity contribution in [2.75, 3.05) is 5.32 Å². The lowest BCUT2D eigenvalue weighted by atomic mass is 9.75. The zero-order valence-corrected chi connectivity index (χ0v) is 11.3. The first-order valence-electron chi connectivity index (χ1n) is 6.61. The molecule has 1 saturated carbocycles. The molecular weight excluding hydrogens is 244 g/mol. The van der Waals surface area contributed by atoms with Gasteiger partial charge in [-0.2, -0.15) is 0 Å². The minimum Gasteiger partial charge on any atom is -0.508 e. The average Bonchev–Trinajstić information content (AvgIpc) is 2.30. The molecule has 1 aromatic carbocycles. The maximum atomic E-state index is 11.0. The second-order valence-corrected chi connectivity index (χ2v) is 6.06. The third kappa shape index (κ3) is 3.36. The summed E-state index contributed by atoms with van der Waals surface area (Å²) in [7, 11) is 0. The molecule has 0 aliphatic heterocycles. The maximum absolute atomic E-state index is 11.0. The quantitative estimate of drug-likeness (QED) is 0.496. The van der Waals surface area contributed by atoms with E-state index in [-0.39, 0.29) is 22.9 Å². The van der Waals surface area contributed by atoms with E-state index in [1.54, 1.807) is 6.07 Å². The summed E-state index contributed by atoms with van der Waals surface area (Å²) in [4.78, 5) is 10.5. The SMILES string of the molecule is CC1(C)CCCC(Nc2ccc(O)cc2[N+](=O)[O-])C1. The van der Waals surface area contributed by atoms with E-state index in [4.69, 9.17) is 0 Å². The number of phenols is 1. The minimum atomic E-state index is -0.462.